The highest BCUT2D eigenvalue weighted by Gasteiger charge is 2.33. The van der Waals surface area contributed by atoms with Gasteiger partial charge in [0, 0.05) is 5.69 Å². The van der Waals surface area contributed by atoms with E-state index < -0.39 is 29.7 Å². The number of nitrogens with one attached hydrogen (secondary N) is 1. The Hall–Kier alpha value is -2.80. The molecule has 6 nitrogen and oxygen atoms in total. The number of carbonyl (C=O) groups excluding carboxylic acids is 2. The van der Waals surface area contributed by atoms with Crippen molar-refractivity contribution in [3.05, 3.63) is 65.7 Å². The van der Waals surface area contributed by atoms with Crippen molar-refractivity contribution in [1.29, 1.82) is 0 Å². The Labute approximate surface area is 169 Å². The number of aliphatic carboxylic acids is 1. The molecule has 0 spiro atoms. The van der Waals surface area contributed by atoms with E-state index in [1.54, 1.807) is 12.1 Å². The number of carboxylic acids is 1. The fourth-order valence-corrected chi connectivity index (χ4v) is 3.63. The van der Waals surface area contributed by atoms with Gasteiger partial charge in [-0.1, -0.05) is 48.5 Å². The summed E-state index contributed by atoms with van der Waals surface area (Å²) in [4.78, 5) is 38.1. The molecule has 2 aromatic rings. The summed E-state index contributed by atoms with van der Waals surface area (Å²) in [5.41, 5.74) is 2.45. The summed E-state index contributed by atoms with van der Waals surface area (Å²) in [7, 11) is 0. The maximum Gasteiger partial charge on any atom is 0.323 e. The number of rotatable bonds is 6. The van der Waals surface area contributed by atoms with Crippen molar-refractivity contribution in [3.8, 4) is 0 Å². The van der Waals surface area contributed by atoms with Crippen LogP contribution in [-0.2, 0) is 27.2 Å². The highest BCUT2D eigenvalue weighted by atomic mass is 32.1. The Morgan fingerprint density at radius 3 is 2.54 bits per heavy atom. The number of amides is 2. The van der Waals surface area contributed by atoms with E-state index in [0.717, 1.165) is 11.1 Å². The summed E-state index contributed by atoms with van der Waals surface area (Å²) in [6, 6.07) is 16.0. The summed E-state index contributed by atoms with van der Waals surface area (Å²) >= 11 is 4.39. The van der Waals surface area contributed by atoms with Gasteiger partial charge in [0.25, 0.3) is 0 Å². The standard InChI is InChI=1S/C21H22N2O4S/c24-19(25)13-23-17-9-5-4-8-15(17)10-11-16(21(23)27)22-20(26)18(28)12-14-6-2-1-3-7-14/h1-9,16,18,28H,10-13H2,(H,22,26)(H,24,25)/t16?,18-/m1/s1. The van der Waals surface area contributed by atoms with Crippen molar-refractivity contribution < 1.29 is 19.5 Å². The lowest BCUT2D eigenvalue weighted by atomic mass is 10.1. The summed E-state index contributed by atoms with van der Waals surface area (Å²) in [6.45, 7) is -0.448. The number of hydrogen-bond donors (Lipinski definition) is 3. The monoisotopic (exact) mass is 398 g/mol. The number of para-hydroxylation sites is 1. The lowest BCUT2D eigenvalue weighted by Gasteiger charge is -2.25. The normalized spacial score (nSPS) is 17.4. The molecule has 1 heterocycles. The SMILES string of the molecule is O=C(O)CN1C(=O)C(NC(=O)[C@H](S)Cc2ccccc2)CCc2ccccc21. The minimum Gasteiger partial charge on any atom is -0.480 e. The highest BCUT2D eigenvalue weighted by molar-refractivity contribution is 7.81. The first kappa shape index (κ1) is 19.9. The van der Waals surface area contributed by atoms with Gasteiger partial charge in [-0.3, -0.25) is 19.3 Å². The average Bonchev–Trinajstić information content (AvgIpc) is 2.81. The van der Waals surface area contributed by atoms with Gasteiger partial charge < -0.3 is 10.4 Å². The molecule has 28 heavy (non-hydrogen) atoms. The topological polar surface area (TPSA) is 86.7 Å². The second kappa shape index (κ2) is 8.93. The number of aryl methyl sites for hydroxylation is 1. The number of benzene rings is 2. The Morgan fingerprint density at radius 2 is 1.82 bits per heavy atom. The zero-order valence-electron chi connectivity index (χ0n) is 15.2. The van der Waals surface area contributed by atoms with Crippen LogP contribution in [0.15, 0.2) is 54.6 Å². The molecule has 0 saturated carbocycles. The maximum absolute atomic E-state index is 13.0. The van der Waals surface area contributed by atoms with Gasteiger partial charge in [-0.05, 0) is 36.5 Å². The Balaban J connectivity index is 1.74. The van der Waals surface area contributed by atoms with Crippen LogP contribution in [0.1, 0.15) is 17.5 Å². The van der Waals surface area contributed by atoms with Crippen molar-refractivity contribution in [1.82, 2.24) is 5.32 Å². The second-order valence-corrected chi connectivity index (χ2v) is 7.38. The molecule has 1 aliphatic rings. The molecule has 2 atom stereocenters. The summed E-state index contributed by atoms with van der Waals surface area (Å²) in [6.07, 6.45) is 1.41. The molecule has 0 aliphatic carbocycles. The van der Waals surface area contributed by atoms with Crippen LogP contribution in [0, 0.1) is 0 Å². The number of nitrogens with zero attached hydrogens (tertiary/aromatic N) is 1. The van der Waals surface area contributed by atoms with Gasteiger partial charge in [0.15, 0.2) is 0 Å². The minimum absolute atomic E-state index is 0.341. The van der Waals surface area contributed by atoms with E-state index in [-0.39, 0.29) is 5.91 Å². The van der Waals surface area contributed by atoms with Gasteiger partial charge in [0.2, 0.25) is 11.8 Å². The number of hydrogen-bond acceptors (Lipinski definition) is 4. The zero-order valence-corrected chi connectivity index (χ0v) is 16.1. The van der Waals surface area contributed by atoms with Crippen molar-refractivity contribution >= 4 is 36.1 Å². The number of carbonyl (C=O) groups is 3. The smallest absolute Gasteiger partial charge is 0.323 e. The third-order valence-electron chi connectivity index (χ3n) is 4.73. The van der Waals surface area contributed by atoms with Crippen LogP contribution in [-0.4, -0.2) is 40.7 Å². The fourth-order valence-electron chi connectivity index (χ4n) is 3.35. The van der Waals surface area contributed by atoms with Crippen molar-refractivity contribution in [2.75, 3.05) is 11.4 Å². The summed E-state index contributed by atoms with van der Waals surface area (Å²) < 4.78 is 0. The molecule has 1 aliphatic heterocycles. The molecule has 2 N–H and O–H groups in total. The molecule has 0 aromatic heterocycles. The van der Waals surface area contributed by atoms with Crippen molar-refractivity contribution in [3.63, 3.8) is 0 Å². The van der Waals surface area contributed by atoms with E-state index in [1.165, 1.54) is 4.90 Å². The third kappa shape index (κ3) is 4.72. The maximum atomic E-state index is 13.0. The summed E-state index contributed by atoms with van der Waals surface area (Å²) in [5.74, 6) is -1.86. The molecule has 146 valence electrons. The predicted molar refractivity (Wildman–Crippen MR) is 110 cm³/mol. The minimum atomic E-state index is -1.11. The van der Waals surface area contributed by atoms with Crippen LogP contribution in [0.25, 0.3) is 0 Å². The molecule has 0 bridgehead atoms. The number of fused-ring (bicyclic) bond motifs is 1. The van der Waals surface area contributed by atoms with E-state index in [2.05, 4.69) is 17.9 Å². The Bertz CT molecular complexity index is 872. The Kier molecular flexibility index (Phi) is 6.36. The molecule has 2 amide bonds. The molecular formula is C21H22N2O4S. The first-order valence-electron chi connectivity index (χ1n) is 9.09. The van der Waals surface area contributed by atoms with Gasteiger partial charge in [-0.25, -0.2) is 0 Å². The van der Waals surface area contributed by atoms with E-state index in [1.807, 2.05) is 42.5 Å². The van der Waals surface area contributed by atoms with Gasteiger partial charge in [0.05, 0.1) is 5.25 Å². The molecule has 1 unspecified atom stereocenters. The molecule has 0 saturated heterocycles. The average molecular weight is 398 g/mol. The number of anilines is 1. The largest absolute Gasteiger partial charge is 0.480 e. The van der Waals surface area contributed by atoms with E-state index in [4.69, 9.17) is 0 Å². The van der Waals surface area contributed by atoms with E-state index >= 15 is 0 Å². The van der Waals surface area contributed by atoms with Crippen molar-refractivity contribution in [2.24, 2.45) is 0 Å². The number of thiol groups is 1. The van der Waals surface area contributed by atoms with Crippen LogP contribution >= 0.6 is 12.6 Å². The van der Waals surface area contributed by atoms with Crippen LogP contribution < -0.4 is 10.2 Å². The predicted octanol–water partition coefficient (Wildman–Crippen LogP) is 2.08. The van der Waals surface area contributed by atoms with Crippen molar-refractivity contribution in [2.45, 2.75) is 30.6 Å². The lowest BCUT2D eigenvalue weighted by Crippen LogP contribution is -2.51. The first-order valence-corrected chi connectivity index (χ1v) is 9.61. The highest BCUT2D eigenvalue weighted by Crippen LogP contribution is 2.27. The molecule has 2 aromatic carbocycles. The van der Waals surface area contributed by atoms with Crippen LogP contribution in [0.5, 0.6) is 0 Å². The lowest BCUT2D eigenvalue weighted by molar-refractivity contribution is -0.137. The number of carboxylic acid groups (broad SMARTS) is 1. The second-order valence-electron chi connectivity index (χ2n) is 6.75. The Morgan fingerprint density at radius 1 is 1.14 bits per heavy atom. The third-order valence-corrected chi connectivity index (χ3v) is 5.15. The zero-order chi connectivity index (χ0) is 20.1. The molecule has 3 rings (SSSR count). The molecule has 7 heteroatoms. The van der Waals surface area contributed by atoms with Crippen LogP contribution in [0.4, 0.5) is 5.69 Å². The quantitative estimate of drug-likeness (QED) is 0.650. The summed E-state index contributed by atoms with van der Waals surface area (Å²) in [5, 5.41) is 11.4. The van der Waals surface area contributed by atoms with Crippen LogP contribution in [0.2, 0.25) is 0 Å². The van der Waals surface area contributed by atoms with Gasteiger partial charge >= 0.3 is 5.97 Å². The van der Waals surface area contributed by atoms with Gasteiger partial charge in [-0.15, -0.1) is 0 Å². The molecule has 0 fully saturated rings. The van der Waals surface area contributed by atoms with Crippen LogP contribution in [0.3, 0.4) is 0 Å². The first-order chi connectivity index (χ1) is 13.5. The van der Waals surface area contributed by atoms with E-state index in [9.17, 15) is 19.5 Å². The molecule has 0 radical (unpaired) electrons. The van der Waals surface area contributed by atoms with E-state index in [0.29, 0.717) is 24.9 Å². The fraction of sp³-hybridized carbons (Fsp3) is 0.286. The van der Waals surface area contributed by atoms with Gasteiger partial charge in [0.1, 0.15) is 12.6 Å². The van der Waals surface area contributed by atoms with Gasteiger partial charge in [-0.2, -0.15) is 12.6 Å². The molecular weight excluding hydrogens is 376 g/mol.